The number of amides is 1. The Morgan fingerprint density at radius 1 is 1.23 bits per heavy atom. The Labute approximate surface area is 130 Å². The van der Waals surface area contributed by atoms with Gasteiger partial charge in [0.1, 0.15) is 5.75 Å². The van der Waals surface area contributed by atoms with E-state index in [-0.39, 0.29) is 18.0 Å². The summed E-state index contributed by atoms with van der Waals surface area (Å²) in [4.78, 5) is 11.4. The molecule has 0 spiro atoms. The van der Waals surface area contributed by atoms with Gasteiger partial charge in [0.15, 0.2) is 0 Å². The predicted molar refractivity (Wildman–Crippen MR) is 85.6 cm³/mol. The van der Waals surface area contributed by atoms with Crippen LogP contribution in [0.1, 0.15) is 42.1 Å². The number of ether oxygens (including phenoxy) is 1. The number of carbonyl (C=O) groups is 1. The summed E-state index contributed by atoms with van der Waals surface area (Å²) in [6.45, 7) is 2.15. The first kappa shape index (κ1) is 14.6. The second-order valence-electron chi connectivity index (χ2n) is 5.58. The van der Waals surface area contributed by atoms with Crippen LogP contribution in [-0.4, -0.2) is 12.5 Å². The molecule has 0 fully saturated rings. The molecular weight excluding hydrogens is 276 g/mol. The molecule has 4 heteroatoms. The van der Waals surface area contributed by atoms with Crippen LogP contribution in [0.2, 0.25) is 0 Å². The Kier molecular flexibility index (Phi) is 4.11. The van der Waals surface area contributed by atoms with Crippen molar-refractivity contribution in [3.05, 3.63) is 65.2 Å². The van der Waals surface area contributed by atoms with Gasteiger partial charge in [-0.05, 0) is 23.3 Å². The minimum absolute atomic E-state index is 0.0100. The van der Waals surface area contributed by atoms with Gasteiger partial charge in [-0.25, -0.2) is 0 Å². The van der Waals surface area contributed by atoms with E-state index in [0.717, 1.165) is 28.9 Å². The highest BCUT2D eigenvalue weighted by Crippen LogP contribution is 2.34. The van der Waals surface area contributed by atoms with Gasteiger partial charge in [0, 0.05) is 18.9 Å². The topological polar surface area (TPSA) is 64.3 Å². The van der Waals surface area contributed by atoms with E-state index in [1.807, 2.05) is 48.5 Å². The number of nitrogens with one attached hydrogen (secondary N) is 1. The molecule has 1 amide bonds. The Hall–Kier alpha value is -2.33. The summed E-state index contributed by atoms with van der Waals surface area (Å²) < 4.78 is 5.68. The number of benzene rings is 2. The molecule has 22 heavy (non-hydrogen) atoms. The average molecular weight is 296 g/mol. The van der Waals surface area contributed by atoms with E-state index in [9.17, 15) is 4.79 Å². The lowest BCUT2D eigenvalue weighted by atomic mass is 9.93. The van der Waals surface area contributed by atoms with Crippen molar-refractivity contribution in [2.75, 3.05) is 6.61 Å². The number of nitrogens with two attached hydrogens (primary N) is 1. The fraction of sp³-hybridized carbons (Fsp3) is 0.278. The average Bonchev–Trinajstić information content (AvgIpc) is 2.54. The summed E-state index contributed by atoms with van der Waals surface area (Å²) >= 11 is 0. The molecule has 2 unspecified atom stereocenters. The third-order valence-electron chi connectivity index (χ3n) is 3.97. The van der Waals surface area contributed by atoms with Crippen molar-refractivity contribution >= 4 is 5.91 Å². The largest absolute Gasteiger partial charge is 0.493 e. The van der Waals surface area contributed by atoms with Gasteiger partial charge in [-0.1, -0.05) is 36.4 Å². The lowest BCUT2D eigenvalue weighted by Gasteiger charge is -2.27. The summed E-state index contributed by atoms with van der Waals surface area (Å²) in [6.07, 6.45) is 0.774. The molecule has 0 aliphatic carbocycles. The third kappa shape index (κ3) is 2.97. The van der Waals surface area contributed by atoms with Crippen LogP contribution in [0.3, 0.4) is 0 Å². The van der Waals surface area contributed by atoms with Gasteiger partial charge in [0.05, 0.1) is 18.7 Å². The molecule has 0 bridgehead atoms. The first-order chi connectivity index (χ1) is 10.6. The van der Waals surface area contributed by atoms with Crippen LogP contribution >= 0.6 is 0 Å². The van der Waals surface area contributed by atoms with E-state index >= 15 is 0 Å². The lowest BCUT2D eigenvalue weighted by molar-refractivity contribution is -0.119. The molecule has 1 heterocycles. The first-order valence-corrected chi connectivity index (χ1v) is 7.49. The van der Waals surface area contributed by atoms with Crippen LogP contribution in [0, 0.1) is 0 Å². The quantitative estimate of drug-likeness (QED) is 0.915. The third-order valence-corrected chi connectivity index (χ3v) is 3.97. The minimum Gasteiger partial charge on any atom is -0.493 e. The molecule has 2 aromatic rings. The Balaban J connectivity index is 1.93. The van der Waals surface area contributed by atoms with Crippen LogP contribution in [0.5, 0.6) is 5.75 Å². The van der Waals surface area contributed by atoms with Gasteiger partial charge in [-0.15, -0.1) is 0 Å². The molecule has 0 saturated carbocycles. The maximum Gasteiger partial charge on any atom is 0.217 e. The summed E-state index contributed by atoms with van der Waals surface area (Å²) in [6, 6.07) is 15.8. The van der Waals surface area contributed by atoms with E-state index in [1.165, 1.54) is 6.92 Å². The summed E-state index contributed by atoms with van der Waals surface area (Å²) in [5.41, 5.74) is 9.46. The SMILES string of the molecule is CC(=O)NC1CCOc2ccc(C(N)c3ccccc3)cc21. The number of hydrogen-bond acceptors (Lipinski definition) is 3. The molecule has 0 radical (unpaired) electrons. The fourth-order valence-electron chi connectivity index (χ4n) is 2.85. The highest BCUT2D eigenvalue weighted by Gasteiger charge is 2.23. The van der Waals surface area contributed by atoms with E-state index in [2.05, 4.69) is 5.32 Å². The molecule has 3 rings (SSSR count). The second kappa shape index (κ2) is 6.20. The molecule has 0 saturated heterocycles. The van der Waals surface area contributed by atoms with Crippen LogP contribution in [-0.2, 0) is 4.79 Å². The van der Waals surface area contributed by atoms with Gasteiger partial charge in [0.25, 0.3) is 0 Å². The Bertz CT molecular complexity index is 670. The van der Waals surface area contributed by atoms with E-state index in [0.29, 0.717) is 6.61 Å². The maximum atomic E-state index is 11.4. The predicted octanol–water partition coefficient (Wildman–Crippen LogP) is 2.69. The van der Waals surface area contributed by atoms with E-state index < -0.39 is 0 Å². The molecule has 1 aliphatic heterocycles. The molecule has 1 aliphatic rings. The van der Waals surface area contributed by atoms with Crippen LogP contribution in [0.25, 0.3) is 0 Å². The lowest BCUT2D eigenvalue weighted by Crippen LogP contribution is -2.30. The number of rotatable bonds is 3. The molecule has 2 atom stereocenters. The van der Waals surface area contributed by atoms with Gasteiger partial charge < -0.3 is 15.8 Å². The number of hydrogen-bond donors (Lipinski definition) is 2. The van der Waals surface area contributed by atoms with Gasteiger partial charge in [0.2, 0.25) is 5.91 Å². The molecule has 3 N–H and O–H groups in total. The zero-order valence-electron chi connectivity index (χ0n) is 12.6. The van der Waals surface area contributed by atoms with Crippen LogP contribution < -0.4 is 15.8 Å². The minimum atomic E-state index is -0.189. The van der Waals surface area contributed by atoms with Crippen molar-refractivity contribution in [1.82, 2.24) is 5.32 Å². The summed E-state index contributed by atoms with van der Waals surface area (Å²) in [5, 5.41) is 2.98. The van der Waals surface area contributed by atoms with Crippen LogP contribution in [0.15, 0.2) is 48.5 Å². The number of carbonyl (C=O) groups excluding carboxylic acids is 1. The highest BCUT2D eigenvalue weighted by atomic mass is 16.5. The summed E-state index contributed by atoms with van der Waals surface area (Å²) in [5.74, 6) is 0.796. The number of fused-ring (bicyclic) bond motifs is 1. The first-order valence-electron chi connectivity index (χ1n) is 7.49. The van der Waals surface area contributed by atoms with Crippen molar-refractivity contribution < 1.29 is 9.53 Å². The monoisotopic (exact) mass is 296 g/mol. The molecule has 114 valence electrons. The maximum absolute atomic E-state index is 11.4. The van der Waals surface area contributed by atoms with E-state index in [1.54, 1.807) is 0 Å². The van der Waals surface area contributed by atoms with Crippen molar-refractivity contribution in [1.29, 1.82) is 0 Å². The molecule has 2 aromatic carbocycles. The van der Waals surface area contributed by atoms with Crippen LogP contribution in [0.4, 0.5) is 0 Å². The molecular formula is C18H20N2O2. The van der Waals surface area contributed by atoms with Crippen molar-refractivity contribution in [2.24, 2.45) is 5.73 Å². The Morgan fingerprint density at radius 3 is 2.73 bits per heavy atom. The van der Waals surface area contributed by atoms with Gasteiger partial charge in [-0.3, -0.25) is 4.79 Å². The van der Waals surface area contributed by atoms with Gasteiger partial charge >= 0.3 is 0 Å². The van der Waals surface area contributed by atoms with Crippen molar-refractivity contribution in [3.63, 3.8) is 0 Å². The highest BCUT2D eigenvalue weighted by molar-refractivity contribution is 5.73. The zero-order chi connectivity index (χ0) is 15.5. The summed E-state index contributed by atoms with van der Waals surface area (Å²) in [7, 11) is 0. The Morgan fingerprint density at radius 2 is 2.00 bits per heavy atom. The van der Waals surface area contributed by atoms with Crippen molar-refractivity contribution in [2.45, 2.75) is 25.4 Å². The zero-order valence-corrected chi connectivity index (χ0v) is 12.6. The van der Waals surface area contributed by atoms with E-state index in [4.69, 9.17) is 10.5 Å². The fourth-order valence-corrected chi connectivity index (χ4v) is 2.85. The smallest absolute Gasteiger partial charge is 0.217 e. The standard InChI is InChI=1S/C18H20N2O2/c1-12(21)20-16-9-10-22-17-8-7-14(11-15(16)17)18(19)13-5-3-2-4-6-13/h2-8,11,16,18H,9-10,19H2,1H3,(H,20,21). The molecule has 0 aromatic heterocycles. The van der Waals surface area contributed by atoms with Crippen molar-refractivity contribution in [3.8, 4) is 5.75 Å². The second-order valence-corrected chi connectivity index (χ2v) is 5.58. The normalized spacial score (nSPS) is 18.0. The van der Waals surface area contributed by atoms with Gasteiger partial charge in [-0.2, -0.15) is 0 Å². The molecule has 4 nitrogen and oxygen atoms in total.